The van der Waals surface area contributed by atoms with Crippen LogP contribution in [0, 0.1) is 11.8 Å². The van der Waals surface area contributed by atoms with E-state index in [-0.39, 0.29) is 18.0 Å². The minimum absolute atomic E-state index is 0.0575. The molecule has 3 aromatic carbocycles. The molecule has 2 heterocycles. The molecule has 4 atom stereocenters. The summed E-state index contributed by atoms with van der Waals surface area (Å²) in [7, 11) is 0. The summed E-state index contributed by atoms with van der Waals surface area (Å²) in [4.78, 5) is 40.4. The summed E-state index contributed by atoms with van der Waals surface area (Å²) in [5, 5.41) is 23.1. The normalized spacial score (nSPS) is 24.6. The van der Waals surface area contributed by atoms with Crippen LogP contribution in [-0.2, 0) is 27.1 Å². The van der Waals surface area contributed by atoms with Crippen LogP contribution in [0.4, 0.5) is 13.2 Å². The van der Waals surface area contributed by atoms with Gasteiger partial charge in [-0.05, 0) is 41.5 Å². The lowest BCUT2D eigenvalue weighted by molar-refractivity contribution is -0.153. The number of likely N-dealkylation sites (tertiary alicyclic amines) is 1. The molecule has 11 heteroatoms. The molecule has 2 amide bonds. The fourth-order valence-corrected chi connectivity index (χ4v) is 5.32. The number of fused-ring (bicyclic) bond motifs is 1. The quantitative estimate of drug-likeness (QED) is 0.391. The minimum Gasteiger partial charge on any atom is -0.480 e. The number of benzene rings is 3. The van der Waals surface area contributed by atoms with Gasteiger partial charge in [-0.3, -0.25) is 24.6 Å². The Labute approximate surface area is 220 Å². The van der Waals surface area contributed by atoms with Crippen molar-refractivity contribution >= 4 is 17.8 Å². The van der Waals surface area contributed by atoms with E-state index in [0.717, 1.165) is 17.0 Å². The molecule has 202 valence electrons. The summed E-state index contributed by atoms with van der Waals surface area (Å²) >= 11 is 0. The molecule has 3 N–H and O–H groups in total. The molecule has 2 aliphatic heterocycles. The zero-order chi connectivity index (χ0) is 27.9. The van der Waals surface area contributed by atoms with E-state index in [2.05, 4.69) is 5.32 Å². The average Bonchev–Trinajstić information content (AvgIpc) is 3.39. The third kappa shape index (κ3) is 4.64. The third-order valence-corrected chi connectivity index (χ3v) is 7.17. The number of ether oxygens (including phenoxy) is 1. The van der Waals surface area contributed by atoms with Gasteiger partial charge in [0.2, 0.25) is 11.8 Å². The monoisotopic (exact) mass is 540 g/mol. The summed E-state index contributed by atoms with van der Waals surface area (Å²) in [6.45, 7) is -1.00. The first-order chi connectivity index (χ1) is 18.5. The molecule has 39 heavy (non-hydrogen) atoms. The number of carbonyl (C=O) groups excluding carboxylic acids is 2. The molecule has 2 fully saturated rings. The number of alkyl halides is 3. The first-order valence-electron chi connectivity index (χ1n) is 12.0. The maximum absolute atomic E-state index is 13.6. The van der Waals surface area contributed by atoms with Crippen LogP contribution in [0.25, 0.3) is 0 Å². The van der Waals surface area contributed by atoms with E-state index in [0.29, 0.717) is 11.1 Å². The Balaban J connectivity index is 1.49. The maximum Gasteiger partial charge on any atom is 0.416 e. The van der Waals surface area contributed by atoms with Crippen molar-refractivity contribution in [2.24, 2.45) is 11.8 Å². The number of carboxylic acid groups (broad SMARTS) is 1. The summed E-state index contributed by atoms with van der Waals surface area (Å²) in [6, 6.07) is 18.1. The summed E-state index contributed by atoms with van der Waals surface area (Å²) < 4.78 is 45.0. The predicted octanol–water partition coefficient (Wildman–Crippen LogP) is 3.76. The van der Waals surface area contributed by atoms with Gasteiger partial charge < -0.3 is 14.9 Å². The van der Waals surface area contributed by atoms with E-state index in [9.17, 15) is 37.8 Å². The zero-order valence-electron chi connectivity index (χ0n) is 20.3. The molecular formula is C28H23F3N2O6. The summed E-state index contributed by atoms with van der Waals surface area (Å²) in [6.07, 6.45) is -4.56. The van der Waals surface area contributed by atoms with Crippen LogP contribution in [0.1, 0.15) is 22.7 Å². The van der Waals surface area contributed by atoms with Gasteiger partial charge in [0.15, 0.2) is 5.54 Å². The highest BCUT2D eigenvalue weighted by atomic mass is 19.4. The second-order valence-corrected chi connectivity index (χ2v) is 9.51. The number of hydrogen-bond acceptors (Lipinski definition) is 6. The van der Waals surface area contributed by atoms with Crippen molar-refractivity contribution in [3.05, 3.63) is 95.6 Å². The molecule has 0 bridgehead atoms. The predicted molar refractivity (Wildman–Crippen MR) is 130 cm³/mol. The molecule has 0 aliphatic carbocycles. The topological polar surface area (TPSA) is 116 Å². The zero-order valence-corrected chi connectivity index (χ0v) is 20.3. The molecule has 5 rings (SSSR count). The number of aliphatic hydroxyl groups is 1. The van der Waals surface area contributed by atoms with Crippen LogP contribution in [0.2, 0.25) is 0 Å². The smallest absolute Gasteiger partial charge is 0.416 e. The highest BCUT2D eigenvalue weighted by Crippen LogP contribution is 2.49. The number of halogens is 3. The number of imide groups is 1. The molecule has 0 spiro atoms. The third-order valence-electron chi connectivity index (χ3n) is 7.17. The van der Waals surface area contributed by atoms with Crippen molar-refractivity contribution < 1.29 is 42.5 Å². The van der Waals surface area contributed by atoms with Gasteiger partial charge in [0.05, 0.1) is 30.6 Å². The lowest BCUT2D eigenvalue weighted by Crippen LogP contribution is -2.58. The van der Waals surface area contributed by atoms with Gasteiger partial charge in [0.25, 0.3) is 0 Å². The van der Waals surface area contributed by atoms with E-state index in [4.69, 9.17) is 4.74 Å². The standard InChI is InChI=1S/C28H23F3N2O6/c29-28(30,31)18-9-5-11-20(13-18)39-19-10-4-8-17(12-19)23-21-22(27(15-34,32-23)26(37)38)25(36)33(24(21)35)14-16-6-2-1-3-7-16/h1-13,21-23,32,34H,14-15H2,(H,37,38). The largest absolute Gasteiger partial charge is 0.480 e. The van der Waals surface area contributed by atoms with E-state index < -0.39 is 59.5 Å². The first-order valence-corrected chi connectivity index (χ1v) is 12.0. The van der Waals surface area contributed by atoms with Crippen LogP contribution in [-0.4, -0.2) is 45.0 Å². The minimum atomic E-state index is -4.56. The van der Waals surface area contributed by atoms with Gasteiger partial charge in [-0.1, -0.05) is 48.5 Å². The van der Waals surface area contributed by atoms with Crippen LogP contribution in [0.3, 0.4) is 0 Å². The number of amides is 2. The lowest BCUT2D eigenvalue weighted by Gasteiger charge is -2.29. The van der Waals surface area contributed by atoms with Gasteiger partial charge in [-0.15, -0.1) is 0 Å². The molecule has 2 aliphatic rings. The van der Waals surface area contributed by atoms with Gasteiger partial charge in [0, 0.05) is 6.04 Å². The second-order valence-electron chi connectivity index (χ2n) is 9.51. The van der Waals surface area contributed by atoms with Gasteiger partial charge in [-0.2, -0.15) is 13.2 Å². The highest BCUT2D eigenvalue weighted by molar-refractivity contribution is 6.09. The number of rotatable bonds is 7. The Kier molecular flexibility index (Phi) is 6.65. The number of nitrogens with one attached hydrogen (secondary N) is 1. The Morgan fingerprint density at radius 1 is 0.949 bits per heavy atom. The van der Waals surface area contributed by atoms with Crippen molar-refractivity contribution in [2.45, 2.75) is 24.3 Å². The van der Waals surface area contributed by atoms with Gasteiger partial charge >= 0.3 is 12.1 Å². The van der Waals surface area contributed by atoms with Crippen molar-refractivity contribution in [3.63, 3.8) is 0 Å². The highest BCUT2D eigenvalue weighted by Gasteiger charge is 2.68. The number of aliphatic carboxylic acids is 1. The Bertz CT molecular complexity index is 1430. The Hall–Kier alpha value is -4.22. The van der Waals surface area contributed by atoms with Gasteiger partial charge in [0.1, 0.15) is 11.5 Å². The lowest BCUT2D eigenvalue weighted by atomic mass is 9.79. The molecular weight excluding hydrogens is 517 g/mol. The van der Waals surface area contributed by atoms with Crippen molar-refractivity contribution in [2.75, 3.05) is 6.61 Å². The van der Waals surface area contributed by atoms with Crippen LogP contribution < -0.4 is 10.1 Å². The molecule has 0 radical (unpaired) electrons. The summed E-state index contributed by atoms with van der Waals surface area (Å²) in [5.41, 5.74) is -1.97. The van der Waals surface area contributed by atoms with Crippen molar-refractivity contribution in [1.29, 1.82) is 0 Å². The van der Waals surface area contributed by atoms with Crippen molar-refractivity contribution in [3.8, 4) is 11.5 Å². The molecule has 2 saturated heterocycles. The molecule has 0 aromatic heterocycles. The number of nitrogens with zero attached hydrogens (tertiary/aromatic N) is 1. The van der Waals surface area contributed by atoms with Gasteiger partial charge in [-0.25, -0.2) is 0 Å². The summed E-state index contributed by atoms with van der Waals surface area (Å²) in [5.74, 6) is -5.25. The maximum atomic E-state index is 13.6. The van der Waals surface area contributed by atoms with E-state index in [1.165, 1.54) is 30.3 Å². The fraction of sp³-hybridized carbons (Fsp3) is 0.250. The average molecular weight is 540 g/mol. The first kappa shape index (κ1) is 26.4. The fourth-order valence-electron chi connectivity index (χ4n) is 5.32. The molecule has 3 aromatic rings. The molecule has 0 saturated carbocycles. The van der Waals surface area contributed by atoms with E-state index >= 15 is 0 Å². The Morgan fingerprint density at radius 2 is 1.62 bits per heavy atom. The second kappa shape index (κ2) is 9.83. The number of hydrogen-bond donors (Lipinski definition) is 3. The van der Waals surface area contributed by atoms with Crippen LogP contribution in [0.15, 0.2) is 78.9 Å². The SMILES string of the molecule is O=C1C2C(c3cccc(Oc4cccc(C(F)(F)F)c4)c3)NC(CO)(C(=O)O)C2C(=O)N1Cc1ccccc1. The number of aliphatic hydroxyl groups excluding tert-OH is 1. The molecule has 4 unspecified atom stereocenters. The van der Waals surface area contributed by atoms with Crippen LogP contribution >= 0.6 is 0 Å². The van der Waals surface area contributed by atoms with Crippen LogP contribution in [0.5, 0.6) is 11.5 Å². The number of carboxylic acids is 1. The van der Waals surface area contributed by atoms with E-state index in [1.54, 1.807) is 36.4 Å². The molecule has 8 nitrogen and oxygen atoms in total. The van der Waals surface area contributed by atoms with Crippen molar-refractivity contribution in [1.82, 2.24) is 10.2 Å². The van der Waals surface area contributed by atoms with E-state index in [1.807, 2.05) is 0 Å². The number of carbonyl (C=O) groups is 3. The Morgan fingerprint density at radius 3 is 2.26 bits per heavy atom.